The smallest absolute Gasteiger partial charge is 0.302 e. The Hall–Kier alpha value is -3.29. The second-order valence-corrected chi connectivity index (χ2v) is 4.61. The summed E-state index contributed by atoms with van der Waals surface area (Å²) in [4.78, 5) is 21.1. The van der Waals surface area contributed by atoms with E-state index in [4.69, 9.17) is 11.5 Å². The molecular weight excluding hydrogens is 282 g/mol. The summed E-state index contributed by atoms with van der Waals surface area (Å²) in [6.45, 7) is 1.67. The van der Waals surface area contributed by atoms with Crippen LogP contribution in [0.4, 0.5) is 0 Å². The van der Waals surface area contributed by atoms with Gasteiger partial charge in [0.05, 0.1) is 16.9 Å². The fraction of sp³-hybridized carbons (Fsp3) is 0.0714. The van der Waals surface area contributed by atoms with Gasteiger partial charge >= 0.3 is 5.91 Å². The van der Waals surface area contributed by atoms with Crippen LogP contribution in [0.15, 0.2) is 41.5 Å². The molecule has 0 radical (unpaired) electrons. The maximum absolute atomic E-state index is 11.9. The predicted octanol–water partition coefficient (Wildman–Crippen LogP) is 0.538. The molecule has 2 heterocycles. The minimum Gasteiger partial charge on any atom is -0.370 e. The van der Waals surface area contributed by atoms with Crippen LogP contribution in [0.5, 0.6) is 0 Å². The number of benzene rings is 1. The second-order valence-electron chi connectivity index (χ2n) is 4.61. The zero-order valence-corrected chi connectivity index (χ0v) is 11.8. The third-order valence-corrected chi connectivity index (χ3v) is 3.05. The first-order valence-corrected chi connectivity index (χ1v) is 6.48. The zero-order chi connectivity index (χ0) is 15.7. The van der Waals surface area contributed by atoms with Gasteiger partial charge in [0.15, 0.2) is 11.7 Å². The Morgan fingerprint density at radius 2 is 2.00 bits per heavy atom. The summed E-state index contributed by atoms with van der Waals surface area (Å²) in [5, 5.41) is 9.33. The molecule has 0 saturated heterocycles. The minimum absolute atomic E-state index is 0.106. The first-order valence-electron chi connectivity index (χ1n) is 6.48. The third-order valence-electron chi connectivity index (χ3n) is 3.05. The molecule has 8 nitrogen and oxygen atoms in total. The average Bonchev–Trinajstić information content (AvgIpc) is 2.88. The number of amides is 1. The fourth-order valence-corrected chi connectivity index (χ4v) is 2.12. The maximum Gasteiger partial charge on any atom is 0.302 e. The molecule has 0 spiro atoms. The van der Waals surface area contributed by atoms with Crippen molar-refractivity contribution in [1.29, 1.82) is 0 Å². The Morgan fingerprint density at radius 1 is 1.18 bits per heavy atom. The lowest BCUT2D eigenvalue weighted by molar-refractivity contribution is 0.0997. The molecule has 0 unspecified atom stereocenters. The highest BCUT2D eigenvalue weighted by molar-refractivity contribution is 6.01. The number of aliphatic imine (C=N–C) groups is 1. The number of aromatic nitrogens is 4. The Balaban J connectivity index is 2.13. The van der Waals surface area contributed by atoms with E-state index in [9.17, 15) is 4.79 Å². The summed E-state index contributed by atoms with van der Waals surface area (Å²) in [5.74, 6) is -0.935. The number of aryl methyl sites for hydroxylation is 1. The van der Waals surface area contributed by atoms with Crippen LogP contribution in [0.1, 0.15) is 16.2 Å². The number of hydrogen-bond donors (Lipinski definition) is 2. The highest BCUT2D eigenvalue weighted by Crippen LogP contribution is 2.20. The molecule has 0 saturated carbocycles. The highest BCUT2D eigenvalue weighted by atomic mass is 16.1. The van der Waals surface area contributed by atoms with Gasteiger partial charge in [-0.25, -0.2) is 0 Å². The standard InChI is InChI=1S/C14H13N7O/c1-8-12(13(22)18-14(15)16)20-21(19-8)11-6-2-5-10-9(11)4-3-7-17-10/h2-7H,1H3,(H4,15,16,18,22). The molecule has 3 aromatic rings. The van der Waals surface area contributed by atoms with Crippen LogP contribution in [0.2, 0.25) is 0 Å². The van der Waals surface area contributed by atoms with E-state index < -0.39 is 5.91 Å². The van der Waals surface area contributed by atoms with Crippen molar-refractivity contribution < 1.29 is 4.79 Å². The SMILES string of the molecule is Cc1nn(-c2cccc3ncccc23)nc1C(=O)N=C(N)N. The number of carbonyl (C=O) groups is 1. The molecule has 1 aromatic carbocycles. The number of hydrogen-bond acceptors (Lipinski definition) is 4. The monoisotopic (exact) mass is 295 g/mol. The van der Waals surface area contributed by atoms with Crippen LogP contribution >= 0.6 is 0 Å². The summed E-state index contributed by atoms with van der Waals surface area (Å²) >= 11 is 0. The van der Waals surface area contributed by atoms with Crippen LogP contribution in [0.3, 0.4) is 0 Å². The number of carbonyl (C=O) groups excluding carboxylic acids is 1. The van der Waals surface area contributed by atoms with Gasteiger partial charge in [0.1, 0.15) is 0 Å². The summed E-state index contributed by atoms with van der Waals surface area (Å²) in [7, 11) is 0. The molecule has 0 fully saturated rings. The molecule has 8 heteroatoms. The third kappa shape index (κ3) is 2.37. The molecule has 3 rings (SSSR count). The molecule has 0 aliphatic heterocycles. The lowest BCUT2D eigenvalue weighted by atomic mass is 10.2. The van der Waals surface area contributed by atoms with Gasteiger partial charge in [-0.15, -0.1) is 9.90 Å². The highest BCUT2D eigenvalue weighted by Gasteiger charge is 2.17. The van der Waals surface area contributed by atoms with E-state index in [1.807, 2.05) is 30.3 Å². The van der Waals surface area contributed by atoms with Gasteiger partial charge in [-0.1, -0.05) is 6.07 Å². The van der Waals surface area contributed by atoms with Gasteiger partial charge in [0.2, 0.25) is 0 Å². The van der Waals surface area contributed by atoms with E-state index in [0.717, 1.165) is 16.6 Å². The van der Waals surface area contributed by atoms with E-state index in [-0.39, 0.29) is 11.7 Å². The first kappa shape index (κ1) is 13.7. The Morgan fingerprint density at radius 3 is 2.77 bits per heavy atom. The molecule has 4 N–H and O–H groups in total. The van der Waals surface area contributed by atoms with E-state index in [2.05, 4.69) is 20.2 Å². The summed E-state index contributed by atoms with van der Waals surface area (Å²) in [5.41, 5.74) is 12.5. The maximum atomic E-state index is 11.9. The number of rotatable bonds is 2. The van der Waals surface area contributed by atoms with Crippen LogP contribution in [0.25, 0.3) is 16.6 Å². The number of guanidine groups is 1. The van der Waals surface area contributed by atoms with E-state index >= 15 is 0 Å². The molecule has 1 amide bonds. The Bertz CT molecular complexity index is 888. The predicted molar refractivity (Wildman–Crippen MR) is 81.5 cm³/mol. The van der Waals surface area contributed by atoms with E-state index in [1.165, 1.54) is 4.80 Å². The van der Waals surface area contributed by atoms with E-state index in [0.29, 0.717) is 5.69 Å². The summed E-state index contributed by atoms with van der Waals surface area (Å²) in [6.07, 6.45) is 1.71. The summed E-state index contributed by atoms with van der Waals surface area (Å²) < 4.78 is 0. The van der Waals surface area contributed by atoms with Crippen molar-refractivity contribution in [3.8, 4) is 5.69 Å². The zero-order valence-electron chi connectivity index (χ0n) is 11.8. The van der Waals surface area contributed by atoms with Crippen LogP contribution in [-0.4, -0.2) is 31.8 Å². The molecule has 2 aromatic heterocycles. The number of nitrogens with two attached hydrogens (primary N) is 2. The van der Waals surface area contributed by atoms with Gasteiger partial charge in [-0.05, 0) is 31.2 Å². The van der Waals surface area contributed by atoms with Crippen molar-refractivity contribution in [2.75, 3.05) is 0 Å². The van der Waals surface area contributed by atoms with Crippen molar-refractivity contribution in [2.45, 2.75) is 6.92 Å². The lowest BCUT2D eigenvalue weighted by Crippen LogP contribution is -2.24. The van der Waals surface area contributed by atoms with Gasteiger partial charge < -0.3 is 11.5 Å². The number of nitrogens with zero attached hydrogens (tertiary/aromatic N) is 5. The van der Waals surface area contributed by atoms with E-state index in [1.54, 1.807) is 13.1 Å². The van der Waals surface area contributed by atoms with Crippen molar-refractivity contribution in [3.63, 3.8) is 0 Å². The number of pyridine rings is 1. The van der Waals surface area contributed by atoms with Crippen molar-refractivity contribution in [2.24, 2.45) is 16.5 Å². The molecule has 22 heavy (non-hydrogen) atoms. The van der Waals surface area contributed by atoms with Gasteiger partial charge in [-0.3, -0.25) is 9.78 Å². The Labute approximate surface area is 125 Å². The van der Waals surface area contributed by atoms with Gasteiger partial charge in [-0.2, -0.15) is 10.1 Å². The minimum atomic E-state index is -0.623. The van der Waals surface area contributed by atoms with Gasteiger partial charge in [0.25, 0.3) is 0 Å². The van der Waals surface area contributed by atoms with Crippen LogP contribution < -0.4 is 11.5 Å². The molecule has 0 aliphatic rings. The average molecular weight is 295 g/mol. The normalized spacial score (nSPS) is 10.6. The van der Waals surface area contributed by atoms with Crippen LogP contribution in [0, 0.1) is 6.92 Å². The molecule has 110 valence electrons. The molecular formula is C14H13N7O. The van der Waals surface area contributed by atoms with Crippen molar-refractivity contribution in [3.05, 3.63) is 47.9 Å². The largest absolute Gasteiger partial charge is 0.370 e. The van der Waals surface area contributed by atoms with Crippen LogP contribution in [-0.2, 0) is 0 Å². The van der Waals surface area contributed by atoms with Gasteiger partial charge in [0, 0.05) is 11.6 Å². The quantitative estimate of drug-likeness (QED) is 0.525. The lowest BCUT2D eigenvalue weighted by Gasteiger charge is -2.03. The second kappa shape index (κ2) is 5.24. The fourth-order valence-electron chi connectivity index (χ4n) is 2.12. The topological polar surface area (TPSA) is 125 Å². The van der Waals surface area contributed by atoms with Crippen molar-refractivity contribution >= 4 is 22.8 Å². The van der Waals surface area contributed by atoms with Crippen molar-refractivity contribution in [1.82, 2.24) is 20.0 Å². The first-order chi connectivity index (χ1) is 10.6. The molecule has 0 aliphatic carbocycles. The number of fused-ring (bicyclic) bond motifs is 1. The molecule has 0 atom stereocenters. The summed E-state index contributed by atoms with van der Waals surface area (Å²) in [6, 6.07) is 9.32. The molecule has 0 bridgehead atoms. The Kier molecular flexibility index (Phi) is 3.26.